The van der Waals surface area contributed by atoms with Crippen LogP contribution in [0.2, 0.25) is 0 Å². The van der Waals surface area contributed by atoms with Crippen LogP contribution in [0.15, 0.2) is 23.4 Å². The molecule has 0 fully saturated rings. The third kappa shape index (κ3) is 4.59. The van der Waals surface area contributed by atoms with Crippen molar-refractivity contribution >= 4 is 29.7 Å². The average molecular weight is 283 g/mol. The van der Waals surface area contributed by atoms with Gasteiger partial charge < -0.3 is 10.4 Å². The number of carboxylic acid groups (broad SMARTS) is 1. The molecular formula is C11H13N3O4S. The molecule has 7 nitrogen and oxygen atoms in total. The van der Waals surface area contributed by atoms with Crippen LogP contribution in [0.25, 0.3) is 0 Å². The first kappa shape index (κ1) is 15.0. The first-order chi connectivity index (χ1) is 8.93. The number of carbonyl (C=O) groups excluding carboxylic acids is 2. The highest BCUT2D eigenvalue weighted by molar-refractivity contribution is 8.00. The number of aromatic carboxylic acids is 1. The lowest BCUT2D eigenvalue weighted by Gasteiger charge is -2.10. The van der Waals surface area contributed by atoms with Crippen molar-refractivity contribution in [3.63, 3.8) is 0 Å². The highest BCUT2D eigenvalue weighted by atomic mass is 32.2. The van der Waals surface area contributed by atoms with Crippen LogP contribution in [-0.4, -0.2) is 40.3 Å². The standard InChI is InChI=1S/C11H13N3O4S/c1-6(9(15)14-11(18)12-2)19-8-5-7(10(16)17)3-4-13-8/h3-6H,1-2H3,(H,16,17)(H2,12,14,15,18). The second-order valence-electron chi connectivity index (χ2n) is 3.52. The van der Waals surface area contributed by atoms with Crippen LogP contribution in [-0.2, 0) is 4.79 Å². The molecule has 0 aliphatic heterocycles. The van der Waals surface area contributed by atoms with Gasteiger partial charge in [0.2, 0.25) is 5.91 Å². The van der Waals surface area contributed by atoms with Crippen molar-refractivity contribution < 1.29 is 19.5 Å². The molecule has 1 unspecified atom stereocenters. The van der Waals surface area contributed by atoms with Gasteiger partial charge in [0.15, 0.2) is 0 Å². The van der Waals surface area contributed by atoms with Crippen molar-refractivity contribution in [2.24, 2.45) is 0 Å². The lowest BCUT2D eigenvalue weighted by atomic mass is 10.3. The van der Waals surface area contributed by atoms with Crippen LogP contribution in [0.5, 0.6) is 0 Å². The van der Waals surface area contributed by atoms with Crippen molar-refractivity contribution in [2.75, 3.05) is 7.05 Å². The first-order valence-electron chi connectivity index (χ1n) is 5.32. The topological polar surface area (TPSA) is 108 Å². The first-order valence-corrected chi connectivity index (χ1v) is 6.20. The SMILES string of the molecule is CNC(=O)NC(=O)C(C)Sc1cc(C(=O)O)ccn1. The van der Waals surface area contributed by atoms with Gasteiger partial charge in [-0.25, -0.2) is 14.6 Å². The highest BCUT2D eigenvalue weighted by Crippen LogP contribution is 2.21. The Bertz CT molecular complexity index is 506. The Morgan fingerprint density at radius 2 is 2.11 bits per heavy atom. The second kappa shape index (κ2) is 6.74. The molecule has 1 atom stereocenters. The lowest BCUT2D eigenvalue weighted by molar-refractivity contribution is -0.119. The molecule has 0 saturated heterocycles. The number of urea groups is 1. The average Bonchev–Trinajstić information content (AvgIpc) is 2.38. The number of nitrogens with one attached hydrogen (secondary N) is 2. The monoisotopic (exact) mass is 283 g/mol. The maximum Gasteiger partial charge on any atom is 0.335 e. The van der Waals surface area contributed by atoms with Gasteiger partial charge in [-0.15, -0.1) is 0 Å². The minimum atomic E-state index is -1.06. The van der Waals surface area contributed by atoms with E-state index in [2.05, 4.69) is 15.6 Å². The normalized spacial score (nSPS) is 11.5. The second-order valence-corrected chi connectivity index (χ2v) is 4.88. The van der Waals surface area contributed by atoms with E-state index in [-0.39, 0.29) is 5.56 Å². The number of pyridine rings is 1. The van der Waals surface area contributed by atoms with Crippen LogP contribution in [0, 0.1) is 0 Å². The number of hydrogen-bond donors (Lipinski definition) is 3. The van der Waals surface area contributed by atoms with Crippen molar-refractivity contribution in [1.82, 2.24) is 15.6 Å². The predicted octanol–water partition coefficient (Wildman–Crippen LogP) is 0.716. The maximum atomic E-state index is 11.6. The minimum Gasteiger partial charge on any atom is -0.478 e. The fourth-order valence-corrected chi connectivity index (χ4v) is 1.96. The van der Waals surface area contributed by atoms with Gasteiger partial charge in [0.1, 0.15) is 0 Å². The molecule has 1 aromatic heterocycles. The Morgan fingerprint density at radius 3 is 2.68 bits per heavy atom. The molecule has 3 N–H and O–H groups in total. The van der Waals surface area contributed by atoms with E-state index in [1.54, 1.807) is 6.92 Å². The van der Waals surface area contributed by atoms with E-state index in [1.165, 1.54) is 25.4 Å². The molecule has 0 aromatic carbocycles. The van der Waals surface area contributed by atoms with Gasteiger partial charge in [-0.1, -0.05) is 11.8 Å². The molecule has 1 rings (SSSR count). The van der Waals surface area contributed by atoms with E-state index < -0.39 is 23.2 Å². The molecule has 8 heteroatoms. The van der Waals surface area contributed by atoms with Gasteiger partial charge in [-0.05, 0) is 19.1 Å². The van der Waals surface area contributed by atoms with Crippen molar-refractivity contribution in [1.29, 1.82) is 0 Å². The molecule has 0 aliphatic rings. The van der Waals surface area contributed by atoms with Gasteiger partial charge in [-0.3, -0.25) is 10.1 Å². The summed E-state index contributed by atoms with van der Waals surface area (Å²) >= 11 is 1.07. The van der Waals surface area contributed by atoms with Gasteiger partial charge >= 0.3 is 12.0 Å². The van der Waals surface area contributed by atoms with E-state index >= 15 is 0 Å². The molecule has 1 heterocycles. The highest BCUT2D eigenvalue weighted by Gasteiger charge is 2.17. The fraction of sp³-hybridized carbons (Fsp3) is 0.273. The minimum absolute atomic E-state index is 0.0939. The number of amides is 3. The maximum absolute atomic E-state index is 11.6. The van der Waals surface area contributed by atoms with Gasteiger partial charge in [0, 0.05) is 13.2 Å². The number of aromatic nitrogens is 1. The number of nitrogens with zero attached hydrogens (tertiary/aromatic N) is 1. The molecule has 102 valence electrons. The summed E-state index contributed by atoms with van der Waals surface area (Å²) in [6, 6.07) is 2.14. The van der Waals surface area contributed by atoms with Crippen molar-refractivity contribution in [3.8, 4) is 0 Å². The summed E-state index contributed by atoms with van der Waals surface area (Å²) in [5, 5.41) is 13.1. The van der Waals surface area contributed by atoms with Crippen LogP contribution in [0.3, 0.4) is 0 Å². The largest absolute Gasteiger partial charge is 0.478 e. The van der Waals surface area contributed by atoms with E-state index in [1.807, 2.05) is 0 Å². The Kier molecular flexibility index (Phi) is 5.31. The quantitative estimate of drug-likeness (QED) is 0.702. The summed E-state index contributed by atoms with van der Waals surface area (Å²) in [7, 11) is 1.40. The van der Waals surface area contributed by atoms with Crippen LogP contribution in [0.1, 0.15) is 17.3 Å². The summed E-state index contributed by atoms with van der Waals surface area (Å²) in [6.07, 6.45) is 1.36. The zero-order valence-corrected chi connectivity index (χ0v) is 11.2. The fourth-order valence-electron chi connectivity index (χ4n) is 1.12. The number of carboxylic acids is 1. The van der Waals surface area contributed by atoms with Crippen LogP contribution in [0.4, 0.5) is 4.79 Å². The molecule has 19 heavy (non-hydrogen) atoms. The van der Waals surface area contributed by atoms with Gasteiger partial charge in [0.05, 0.1) is 15.8 Å². The molecular weight excluding hydrogens is 270 g/mol. The molecule has 0 bridgehead atoms. The molecule has 0 aliphatic carbocycles. The van der Waals surface area contributed by atoms with E-state index in [0.29, 0.717) is 5.03 Å². The van der Waals surface area contributed by atoms with Crippen molar-refractivity contribution in [3.05, 3.63) is 23.9 Å². The number of rotatable bonds is 4. The zero-order chi connectivity index (χ0) is 14.4. The Balaban J connectivity index is 2.68. The number of carbonyl (C=O) groups is 3. The molecule has 0 radical (unpaired) electrons. The van der Waals surface area contributed by atoms with Gasteiger partial charge in [0.25, 0.3) is 0 Å². The molecule has 3 amide bonds. The van der Waals surface area contributed by atoms with E-state index in [0.717, 1.165) is 11.8 Å². The van der Waals surface area contributed by atoms with Gasteiger partial charge in [-0.2, -0.15) is 0 Å². The lowest BCUT2D eigenvalue weighted by Crippen LogP contribution is -2.41. The Labute approximate surface area is 113 Å². The zero-order valence-electron chi connectivity index (χ0n) is 10.3. The summed E-state index contributed by atoms with van der Waals surface area (Å²) in [5.41, 5.74) is 0.0939. The van der Waals surface area contributed by atoms with E-state index in [4.69, 9.17) is 5.11 Å². The third-order valence-electron chi connectivity index (χ3n) is 2.11. The molecule has 0 saturated carbocycles. The predicted molar refractivity (Wildman–Crippen MR) is 69.1 cm³/mol. The van der Waals surface area contributed by atoms with Crippen LogP contribution < -0.4 is 10.6 Å². The number of thioether (sulfide) groups is 1. The smallest absolute Gasteiger partial charge is 0.335 e. The van der Waals surface area contributed by atoms with Crippen LogP contribution >= 0.6 is 11.8 Å². The summed E-state index contributed by atoms with van der Waals surface area (Å²) in [5.74, 6) is -1.54. The molecule has 1 aromatic rings. The Morgan fingerprint density at radius 1 is 1.42 bits per heavy atom. The Hall–Kier alpha value is -2.09. The number of hydrogen-bond acceptors (Lipinski definition) is 5. The van der Waals surface area contributed by atoms with Crippen molar-refractivity contribution in [2.45, 2.75) is 17.2 Å². The third-order valence-corrected chi connectivity index (χ3v) is 3.14. The summed E-state index contributed by atoms with van der Waals surface area (Å²) in [6.45, 7) is 1.60. The summed E-state index contributed by atoms with van der Waals surface area (Å²) in [4.78, 5) is 37.3. The summed E-state index contributed by atoms with van der Waals surface area (Å²) < 4.78 is 0. The molecule has 0 spiro atoms. The van der Waals surface area contributed by atoms with E-state index in [9.17, 15) is 14.4 Å². The number of imide groups is 1.